The molecule has 0 fully saturated rings. The maximum atomic E-state index is 5.58. The highest BCUT2D eigenvalue weighted by atomic mass is 35.5. The second kappa shape index (κ2) is 15.2. The minimum Gasteiger partial charge on any atom is -0.0827 e. The van der Waals surface area contributed by atoms with Crippen molar-refractivity contribution in [1.82, 2.24) is 0 Å². The van der Waals surface area contributed by atoms with Crippen LogP contribution in [0.4, 0.5) is 0 Å². The highest BCUT2D eigenvalue weighted by Gasteiger charge is 1.90. The predicted molar refractivity (Wildman–Crippen MR) is 94.0 cm³/mol. The van der Waals surface area contributed by atoms with Crippen LogP contribution in [0.2, 0.25) is 10.0 Å². The summed E-state index contributed by atoms with van der Waals surface area (Å²) in [5.74, 6) is 0. The van der Waals surface area contributed by atoms with E-state index in [2.05, 4.69) is 13.8 Å². The van der Waals surface area contributed by atoms with Crippen molar-refractivity contribution in [2.24, 2.45) is 0 Å². The van der Waals surface area contributed by atoms with Crippen LogP contribution < -0.4 is 0 Å². The molecule has 0 amide bonds. The number of unbranched alkanes of at least 4 members (excludes halogenated alkanes) is 9. The lowest BCUT2D eigenvalue weighted by molar-refractivity contribution is 0.562. The molecule has 0 N–H and O–H groups in total. The van der Waals surface area contributed by atoms with Gasteiger partial charge >= 0.3 is 0 Å². The first-order valence-corrected chi connectivity index (χ1v) is 8.88. The van der Waals surface area contributed by atoms with Gasteiger partial charge in [-0.15, -0.1) is 0 Å². The Morgan fingerprint density at radius 2 is 0.900 bits per heavy atom. The van der Waals surface area contributed by atoms with Crippen molar-refractivity contribution >= 4 is 23.2 Å². The molecule has 20 heavy (non-hydrogen) atoms. The van der Waals surface area contributed by atoms with Gasteiger partial charge in [0.1, 0.15) is 0 Å². The van der Waals surface area contributed by atoms with E-state index in [1.165, 1.54) is 64.2 Å². The Morgan fingerprint density at radius 3 is 1.15 bits per heavy atom. The Labute approximate surface area is 135 Å². The van der Waals surface area contributed by atoms with Crippen molar-refractivity contribution in [2.45, 2.75) is 78.1 Å². The topological polar surface area (TPSA) is 0 Å². The summed E-state index contributed by atoms with van der Waals surface area (Å²) in [4.78, 5) is 0. The second-order valence-electron chi connectivity index (χ2n) is 5.24. The van der Waals surface area contributed by atoms with E-state index in [1.54, 1.807) is 12.1 Å². The van der Waals surface area contributed by atoms with Gasteiger partial charge < -0.3 is 0 Å². The van der Waals surface area contributed by atoms with Crippen molar-refractivity contribution in [3.05, 3.63) is 34.3 Å². The van der Waals surface area contributed by atoms with E-state index in [1.807, 2.05) is 12.1 Å². The summed E-state index contributed by atoms with van der Waals surface area (Å²) in [7, 11) is 0. The van der Waals surface area contributed by atoms with Gasteiger partial charge in [-0.25, -0.2) is 0 Å². The zero-order chi connectivity index (χ0) is 15.1. The standard InChI is InChI=1S/C12H26.C6H4Cl2/c1-3-5-7-9-11-12-10-8-6-4-2;7-5-3-1-2-4-6(5)8/h3-12H2,1-2H3;1-4H. The van der Waals surface area contributed by atoms with Gasteiger partial charge in [0.2, 0.25) is 0 Å². The van der Waals surface area contributed by atoms with Crippen molar-refractivity contribution in [3.63, 3.8) is 0 Å². The van der Waals surface area contributed by atoms with Crippen LogP contribution in [0.25, 0.3) is 0 Å². The predicted octanol–water partition coefficient (Wildman–Crippen LogP) is 7.92. The van der Waals surface area contributed by atoms with Gasteiger partial charge in [-0.05, 0) is 12.1 Å². The molecule has 1 aromatic rings. The van der Waals surface area contributed by atoms with E-state index in [-0.39, 0.29) is 0 Å². The number of halogens is 2. The Hall–Kier alpha value is -0.200. The molecule has 116 valence electrons. The molecule has 0 atom stereocenters. The normalized spacial score (nSPS) is 10.0. The zero-order valence-electron chi connectivity index (χ0n) is 13.1. The van der Waals surface area contributed by atoms with Crippen LogP contribution in [0.3, 0.4) is 0 Å². The second-order valence-corrected chi connectivity index (χ2v) is 6.06. The molecule has 2 heteroatoms. The van der Waals surface area contributed by atoms with Crippen LogP contribution in [0.5, 0.6) is 0 Å². The third-order valence-corrected chi connectivity index (χ3v) is 4.04. The molecule has 0 saturated carbocycles. The fraction of sp³-hybridized carbons (Fsp3) is 0.667. The van der Waals surface area contributed by atoms with E-state index < -0.39 is 0 Å². The summed E-state index contributed by atoms with van der Waals surface area (Å²) in [6, 6.07) is 7.19. The van der Waals surface area contributed by atoms with Crippen molar-refractivity contribution in [1.29, 1.82) is 0 Å². The first kappa shape index (κ1) is 19.8. The Kier molecular flexibility index (Phi) is 15.0. The van der Waals surface area contributed by atoms with Crippen LogP contribution in [-0.4, -0.2) is 0 Å². The third kappa shape index (κ3) is 12.8. The Balaban J connectivity index is 0.000000388. The molecule has 0 aliphatic heterocycles. The summed E-state index contributed by atoms with van der Waals surface area (Å²) in [6.07, 6.45) is 14.4. The van der Waals surface area contributed by atoms with Crippen LogP contribution in [0, 0.1) is 0 Å². The first-order valence-electron chi connectivity index (χ1n) is 8.12. The molecule has 1 rings (SSSR count). The first-order chi connectivity index (χ1) is 9.72. The maximum Gasteiger partial charge on any atom is 0.0592 e. The molecule has 0 radical (unpaired) electrons. The van der Waals surface area contributed by atoms with E-state index in [4.69, 9.17) is 23.2 Å². The van der Waals surface area contributed by atoms with Crippen LogP contribution >= 0.6 is 23.2 Å². The summed E-state index contributed by atoms with van der Waals surface area (Å²) in [6.45, 7) is 4.56. The third-order valence-electron chi connectivity index (χ3n) is 3.28. The Morgan fingerprint density at radius 1 is 0.600 bits per heavy atom. The summed E-state index contributed by atoms with van der Waals surface area (Å²) in [5.41, 5.74) is 0. The molecule has 0 saturated heterocycles. The molecular weight excluding hydrogens is 287 g/mol. The van der Waals surface area contributed by atoms with Gasteiger partial charge in [-0.2, -0.15) is 0 Å². The van der Waals surface area contributed by atoms with E-state index >= 15 is 0 Å². The van der Waals surface area contributed by atoms with Crippen LogP contribution in [-0.2, 0) is 0 Å². The van der Waals surface area contributed by atoms with E-state index in [0.717, 1.165) is 0 Å². The molecule has 1 aromatic carbocycles. The summed E-state index contributed by atoms with van der Waals surface area (Å²) >= 11 is 11.2. The highest BCUT2D eigenvalue weighted by Crippen LogP contribution is 2.19. The smallest absolute Gasteiger partial charge is 0.0592 e. The largest absolute Gasteiger partial charge is 0.0827 e. The monoisotopic (exact) mass is 316 g/mol. The number of rotatable bonds is 9. The zero-order valence-corrected chi connectivity index (χ0v) is 14.6. The van der Waals surface area contributed by atoms with Crippen LogP contribution in [0.1, 0.15) is 78.1 Å². The van der Waals surface area contributed by atoms with E-state index in [9.17, 15) is 0 Å². The lowest BCUT2D eigenvalue weighted by Gasteiger charge is -1.99. The molecule has 0 bridgehead atoms. The maximum absolute atomic E-state index is 5.58. The van der Waals surface area contributed by atoms with E-state index in [0.29, 0.717) is 10.0 Å². The molecule has 0 heterocycles. The molecule has 0 spiro atoms. The van der Waals surface area contributed by atoms with Gasteiger partial charge in [0.25, 0.3) is 0 Å². The van der Waals surface area contributed by atoms with Crippen molar-refractivity contribution < 1.29 is 0 Å². The van der Waals surface area contributed by atoms with Gasteiger partial charge in [0, 0.05) is 0 Å². The average Bonchev–Trinajstić information content (AvgIpc) is 2.46. The molecule has 0 aromatic heterocycles. The fourth-order valence-electron chi connectivity index (χ4n) is 2.00. The van der Waals surface area contributed by atoms with Crippen LogP contribution in [0.15, 0.2) is 24.3 Å². The van der Waals surface area contributed by atoms with Gasteiger partial charge in [-0.3, -0.25) is 0 Å². The van der Waals surface area contributed by atoms with Crippen molar-refractivity contribution in [3.8, 4) is 0 Å². The van der Waals surface area contributed by atoms with Gasteiger partial charge in [0.05, 0.1) is 10.0 Å². The van der Waals surface area contributed by atoms with Gasteiger partial charge in [0.15, 0.2) is 0 Å². The lowest BCUT2D eigenvalue weighted by atomic mass is 10.1. The molecular formula is C18H30Cl2. The fourth-order valence-corrected chi connectivity index (χ4v) is 2.27. The minimum atomic E-state index is 0.606. The minimum absolute atomic E-state index is 0.606. The Bertz CT molecular complexity index is 279. The molecule has 0 aliphatic rings. The molecule has 0 nitrogen and oxygen atoms in total. The number of benzene rings is 1. The van der Waals surface area contributed by atoms with Crippen molar-refractivity contribution in [2.75, 3.05) is 0 Å². The summed E-state index contributed by atoms with van der Waals surface area (Å²) in [5, 5.41) is 1.21. The average molecular weight is 317 g/mol. The number of hydrogen-bond donors (Lipinski definition) is 0. The lowest BCUT2D eigenvalue weighted by Crippen LogP contribution is -1.80. The SMILES string of the molecule is CCCCCCCCCCCC.Clc1ccccc1Cl. The number of hydrogen-bond acceptors (Lipinski definition) is 0. The van der Waals surface area contributed by atoms with Gasteiger partial charge in [-0.1, -0.05) is 113 Å². The summed E-state index contributed by atoms with van der Waals surface area (Å²) < 4.78 is 0. The molecule has 0 aliphatic carbocycles. The molecule has 0 unspecified atom stereocenters. The quantitative estimate of drug-likeness (QED) is 0.406. The highest BCUT2D eigenvalue weighted by molar-refractivity contribution is 6.41.